The molecule has 0 aliphatic carbocycles. The van der Waals surface area contributed by atoms with Gasteiger partial charge in [-0.25, -0.2) is 0 Å². The fraction of sp³-hybridized carbons (Fsp3) is 0.486. The summed E-state index contributed by atoms with van der Waals surface area (Å²) in [6.45, 7) is 8.97. The van der Waals surface area contributed by atoms with Crippen molar-refractivity contribution in [2.24, 2.45) is 0 Å². The molecule has 244 valence electrons. The normalized spacial score (nSPS) is 20.0. The van der Waals surface area contributed by atoms with Gasteiger partial charge in [0.25, 0.3) is 10.1 Å². The molecule has 0 saturated heterocycles. The number of carboxylic acid groups (broad SMARTS) is 1. The Hall–Kier alpha value is -3.31. The van der Waals surface area contributed by atoms with Gasteiger partial charge in [-0.05, 0) is 69.9 Å². The lowest BCUT2D eigenvalue weighted by Gasteiger charge is -2.30. The Morgan fingerprint density at radius 1 is 0.978 bits per heavy atom. The summed E-state index contributed by atoms with van der Waals surface area (Å²) in [6, 6.07) is 13.6. The quantitative estimate of drug-likeness (QED) is 0.137. The first-order valence-electron chi connectivity index (χ1n) is 15.5. The number of methoxy groups -OCH3 is 2. The van der Waals surface area contributed by atoms with Gasteiger partial charge < -0.3 is 19.5 Å². The summed E-state index contributed by atoms with van der Waals surface area (Å²) in [4.78, 5) is 13.5. The number of aliphatic carboxylic acids is 1. The Morgan fingerprint density at radius 2 is 1.71 bits per heavy atom. The third kappa shape index (κ3) is 7.09. The summed E-state index contributed by atoms with van der Waals surface area (Å²) in [5.41, 5.74) is 5.71. The predicted molar refractivity (Wildman–Crippen MR) is 176 cm³/mol. The van der Waals surface area contributed by atoms with E-state index in [9.17, 15) is 13.2 Å². The molecule has 1 atom stereocenters. The highest BCUT2D eigenvalue weighted by Gasteiger charge is 2.45. The van der Waals surface area contributed by atoms with Crippen molar-refractivity contribution in [2.75, 3.05) is 52.5 Å². The van der Waals surface area contributed by atoms with Gasteiger partial charge in [0.15, 0.2) is 12.3 Å². The number of anilines is 1. The van der Waals surface area contributed by atoms with Crippen molar-refractivity contribution < 1.29 is 36.6 Å². The van der Waals surface area contributed by atoms with E-state index in [1.54, 1.807) is 26.4 Å². The smallest absolute Gasteiger partial charge is 0.303 e. The Labute approximate surface area is 267 Å². The van der Waals surface area contributed by atoms with Crippen LogP contribution in [-0.2, 0) is 39.4 Å². The molecule has 0 aromatic heterocycles. The maximum Gasteiger partial charge on any atom is 0.303 e. The lowest BCUT2D eigenvalue weighted by molar-refractivity contribution is -0.441. The van der Waals surface area contributed by atoms with Gasteiger partial charge >= 0.3 is 5.97 Å². The third-order valence-electron chi connectivity index (χ3n) is 9.12. The summed E-state index contributed by atoms with van der Waals surface area (Å²) < 4.78 is 43.1. The van der Waals surface area contributed by atoms with E-state index in [4.69, 9.17) is 18.8 Å². The van der Waals surface area contributed by atoms with Crippen molar-refractivity contribution in [1.82, 2.24) is 0 Å². The van der Waals surface area contributed by atoms with Crippen LogP contribution in [0.2, 0.25) is 0 Å². The second kappa shape index (κ2) is 14.4. The number of rotatable bonds is 16. The van der Waals surface area contributed by atoms with Gasteiger partial charge in [-0.3, -0.25) is 8.98 Å². The van der Waals surface area contributed by atoms with Crippen LogP contribution in [0.4, 0.5) is 11.4 Å². The molecule has 2 heterocycles. The zero-order valence-electron chi connectivity index (χ0n) is 27.3. The van der Waals surface area contributed by atoms with Gasteiger partial charge in [0.05, 0.1) is 17.4 Å². The first-order valence-corrected chi connectivity index (χ1v) is 16.9. The molecule has 2 aliphatic heterocycles. The van der Waals surface area contributed by atoms with E-state index in [0.29, 0.717) is 26.2 Å². The largest absolute Gasteiger partial charge is 0.481 e. The molecule has 0 amide bonds. The van der Waals surface area contributed by atoms with Crippen molar-refractivity contribution in [2.45, 2.75) is 68.6 Å². The highest BCUT2D eigenvalue weighted by atomic mass is 32.2. The standard InChI is InChI=1S/C35H46N2O7S/c1-34(2)28-25-26(45(40,41)44-6)18-19-30(28)37(22-24-43-5)31(34)15-12-16-32-35(3,20-23-42-4)27-13-9-10-14-29(27)36(32)21-11-7-8-17-33(38)39/h9-10,12-16,18-19,25H,7-8,11,17,20-24H2,1-6H3/p+1. The zero-order chi connectivity index (χ0) is 32.8. The van der Waals surface area contributed by atoms with Crippen molar-refractivity contribution >= 4 is 33.2 Å². The Bertz CT molecular complexity index is 1590. The molecule has 10 heteroatoms. The minimum atomic E-state index is -3.84. The molecule has 0 saturated carbocycles. The molecule has 2 aromatic carbocycles. The second-order valence-corrected chi connectivity index (χ2v) is 14.0. The second-order valence-electron chi connectivity index (χ2n) is 12.3. The first-order chi connectivity index (χ1) is 21.4. The number of ether oxygens (including phenoxy) is 2. The molecule has 1 unspecified atom stereocenters. The fourth-order valence-electron chi connectivity index (χ4n) is 6.61. The number of fused-ring (bicyclic) bond motifs is 2. The minimum Gasteiger partial charge on any atom is -0.481 e. The van der Waals surface area contributed by atoms with Gasteiger partial charge in [-0.1, -0.05) is 30.7 Å². The van der Waals surface area contributed by atoms with Gasteiger partial charge in [-0.15, -0.1) is 0 Å². The number of hydrogen-bond acceptors (Lipinski definition) is 7. The van der Waals surface area contributed by atoms with E-state index in [1.165, 1.54) is 24.1 Å². The van der Waals surface area contributed by atoms with Crippen LogP contribution in [0.15, 0.2) is 71.3 Å². The van der Waals surface area contributed by atoms with E-state index in [1.807, 2.05) is 6.07 Å². The first kappa shape index (κ1) is 34.6. The molecule has 2 aliphatic rings. The number of benzene rings is 2. The van der Waals surface area contributed by atoms with Crippen LogP contribution in [0.1, 0.15) is 64.0 Å². The van der Waals surface area contributed by atoms with E-state index in [2.05, 4.69) is 72.7 Å². The summed E-state index contributed by atoms with van der Waals surface area (Å²) >= 11 is 0. The minimum absolute atomic E-state index is 0.132. The average molecular weight is 640 g/mol. The Kier molecular flexibility index (Phi) is 11.1. The number of para-hydroxylation sites is 1. The van der Waals surface area contributed by atoms with Crippen LogP contribution in [0.5, 0.6) is 0 Å². The lowest BCUT2D eigenvalue weighted by Crippen LogP contribution is -2.30. The third-order valence-corrected chi connectivity index (χ3v) is 10.4. The molecule has 4 rings (SSSR count). The molecule has 2 aromatic rings. The van der Waals surface area contributed by atoms with Crippen LogP contribution in [0.3, 0.4) is 0 Å². The molecule has 0 radical (unpaired) electrons. The number of hydrogen-bond donors (Lipinski definition) is 1. The number of carboxylic acids is 1. The van der Waals surface area contributed by atoms with Gasteiger partial charge in [-0.2, -0.15) is 13.0 Å². The molecule has 0 fully saturated rings. The van der Waals surface area contributed by atoms with Crippen molar-refractivity contribution in [3.05, 3.63) is 77.5 Å². The molecule has 0 bridgehead atoms. The molecular weight excluding hydrogens is 592 g/mol. The maximum absolute atomic E-state index is 12.5. The van der Waals surface area contributed by atoms with Crippen molar-refractivity contribution in [3.8, 4) is 0 Å². The average Bonchev–Trinajstić information content (AvgIpc) is 3.38. The zero-order valence-corrected chi connectivity index (χ0v) is 28.2. The van der Waals surface area contributed by atoms with E-state index in [-0.39, 0.29) is 16.7 Å². The number of allylic oxidation sites excluding steroid dienone is 4. The van der Waals surface area contributed by atoms with Gasteiger partial charge in [0.1, 0.15) is 6.61 Å². The topological polar surface area (TPSA) is 105 Å². The maximum atomic E-state index is 12.5. The molecule has 9 nitrogen and oxygen atoms in total. The highest BCUT2D eigenvalue weighted by Crippen LogP contribution is 2.50. The lowest BCUT2D eigenvalue weighted by atomic mass is 9.78. The van der Waals surface area contributed by atoms with Crippen molar-refractivity contribution in [3.63, 3.8) is 0 Å². The summed E-state index contributed by atoms with van der Waals surface area (Å²) in [7, 11) is 0.727. The Morgan fingerprint density at radius 3 is 2.40 bits per heavy atom. The van der Waals surface area contributed by atoms with Crippen LogP contribution in [0, 0.1) is 0 Å². The number of unbranched alkanes of at least 4 members (excludes halogenated alkanes) is 2. The molecule has 45 heavy (non-hydrogen) atoms. The van der Waals surface area contributed by atoms with Crippen LogP contribution in [0.25, 0.3) is 0 Å². The summed E-state index contributed by atoms with van der Waals surface area (Å²) in [5, 5.41) is 9.07. The highest BCUT2D eigenvalue weighted by molar-refractivity contribution is 7.86. The Balaban J connectivity index is 1.75. The SMILES string of the molecule is COCC[N+]1=C(C=CC=C2N(CCCCCC(=O)O)c3ccccc3C2(C)CCOC)C(C)(C)c2cc(S(=O)(=O)OC)ccc21. The van der Waals surface area contributed by atoms with Crippen LogP contribution < -0.4 is 4.90 Å². The molecule has 0 spiro atoms. The van der Waals surface area contributed by atoms with Gasteiger partial charge in [0.2, 0.25) is 5.69 Å². The van der Waals surface area contributed by atoms with Gasteiger partial charge in [0, 0.05) is 68.3 Å². The summed E-state index contributed by atoms with van der Waals surface area (Å²) in [5.74, 6) is -0.759. The number of nitrogens with zero attached hydrogens (tertiary/aromatic N) is 2. The van der Waals surface area contributed by atoms with E-state index >= 15 is 0 Å². The molecular formula is C35H47N2O7S+. The van der Waals surface area contributed by atoms with Crippen LogP contribution >= 0.6 is 0 Å². The number of carbonyl (C=O) groups is 1. The van der Waals surface area contributed by atoms with Crippen LogP contribution in [-0.4, -0.2) is 77.4 Å². The monoisotopic (exact) mass is 639 g/mol. The summed E-state index contributed by atoms with van der Waals surface area (Å²) in [6.07, 6.45) is 9.76. The van der Waals surface area contributed by atoms with E-state index in [0.717, 1.165) is 42.8 Å². The van der Waals surface area contributed by atoms with E-state index < -0.39 is 21.5 Å². The van der Waals surface area contributed by atoms with Crippen molar-refractivity contribution in [1.29, 1.82) is 0 Å². The predicted octanol–water partition coefficient (Wildman–Crippen LogP) is 5.94. The molecule has 1 N–H and O–H groups in total. The fourth-order valence-corrected chi connectivity index (χ4v) is 7.30.